The standard InChI is InChI=1S/C22H26ClF2NO2/c23-19-2-1-10-26-17(12-16-7-11-28-14-16)13-18(21(19)26)20(27)4-3-15-5-8-22(24,25)9-6-15/h1-2,10,13,15-16H,3-9,11-12,14H2. The number of ether oxygens (including phenoxy) is 1. The van der Waals surface area contributed by atoms with Crippen molar-refractivity contribution in [2.24, 2.45) is 11.8 Å². The lowest BCUT2D eigenvalue weighted by molar-refractivity contribution is -0.0464. The Hall–Kier alpha value is -1.46. The number of carbonyl (C=O) groups excluding carboxylic acids is 1. The van der Waals surface area contributed by atoms with Crippen LogP contribution in [0, 0.1) is 11.8 Å². The number of alkyl halides is 2. The second-order valence-electron chi connectivity index (χ2n) is 8.32. The van der Waals surface area contributed by atoms with Gasteiger partial charge in [-0.15, -0.1) is 0 Å². The summed E-state index contributed by atoms with van der Waals surface area (Å²) in [6.45, 7) is 1.55. The molecule has 6 heteroatoms. The van der Waals surface area contributed by atoms with E-state index in [0.29, 0.717) is 42.2 Å². The minimum absolute atomic E-state index is 0.0526. The minimum atomic E-state index is -2.52. The van der Waals surface area contributed by atoms with Crippen LogP contribution >= 0.6 is 11.6 Å². The Bertz CT molecular complexity index is 848. The Morgan fingerprint density at radius 3 is 2.75 bits per heavy atom. The maximum absolute atomic E-state index is 13.3. The molecule has 152 valence electrons. The highest BCUT2D eigenvalue weighted by atomic mass is 35.5. The van der Waals surface area contributed by atoms with Gasteiger partial charge in [-0.05, 0) is 62.1 Å². The summed E-state index contributed by atoms with van der Waals surface area (Å²) in [5.74, 6) is -1.80. The first-order chi connectivity index (χ1) is 13.4. The fourth-order valence-corrected chi connectivity index (χ4v) is 4.82. The number of ketones is 1. The number of nitrogens with zero attached hydrogens (tertiary/aromatic N) is 1. The molecule has 2 aromatic heterocycles. The summed E-state index contributed by atoms with van der Waals surface area (Å²) in [7, 11) is 0. The van der Waals surface area contributed by atoms with Gasteiger partial charge in [0, 0.05) is 49.9 Å². The van der Waals surface area contributed by atoms with Gasteiger partial charge in [0.1, 0.15) is 0 Å². The van der Waals surface area contributed by atoms with Crippen LogP contribution in [0.15, 0.2) is 24.4 Å². The van der Waals surface area contributed by atoms with Crippen LogP contribution in [0.25, 0.3) is 5.52 Å². The van der Waals surface area contributed by atoms with E-state index in [1.807, 2.05) is 22.7 Å². The van der Waals surface area contributed by atoms with Gasteiger partial charge in [0.2, 0.25) is 5.92 Å². The summed E-state index contributed by atoms with van der Waals surface area (Å²) in [6, 6.07) is 5.66. The number of Topliss-reactive ketones (excluding diaryl/α,β-unsaturated/α-hetero) is 1. The molecule has 4 rings (SSSR count). The van der Waals surface area contributed by atoms with E-state index in [0.717, 1.165) is 37.3 Å². The third-order valence-electron chi connectivity index (χ3n) is 6.26. The molecule has 0 aromatic carbocycles. The number of rotatable bonds is 6. The maximum Gasteiger partial charge on any atom is 0.248 e. The van der Waals surface area contributed by atoms with E-state index in [1.54, 1.807) is 6.07 Å². The number of hydrogen-bond donors (Lipinski definition) is 0. The van der Waals surface area contributed by atoms with Gasteiger partial charge in [0.25, 0.3) is 0 Å². The molecule has 3 heterocycles. The van der Waals surface area contributed by atoms with Crippen molar-refractivity contribution in [2.75, 3.05) is 13.2 Å². The van der Waals surface area contributed by atoms with E-state index in [4.69, 9.17) is 16.3 Å². The first-order valence-electron chi connectivity index (χ1n) is 10.2. The Morgan fingerprint density at radius 2 is 2.04 bits per heavy atom. The van der Waals surface area contributed by atoms with Gasteiger partial charge >= 0.3 is 0 Å². The molecule has 2 aromatic rings. The van der Waals surface area contributed by atoms with Crippen molar-refractivity contribution in [3.8, 4) is 0 Å². The number of aromatic nitrogens is 1. The summed E-state index contributed by atoms with van der Waals surface area (Å²) in [5, 5.41) is 0.567. The van der Waals surface area contributed by atoms with Crippen molar-refractivity contribution in [1.82, 2.24) is 4.40 Å². The second-order valence-corrected chi connectivity index (χ2v) is 8.73. The van der Waals surface area contributed by atoms with Crippen molar-refractivity contribution < 1.29 is 18.3 Å². The zero-order valence-corrected chi connectivity index (χ0v) is 16.7. The number of halogens is 3. The highest BCUT2D eigenvalue weighted by Gasteiger charge is 2.35. The molecule has 1 unspecified atom stereocenters. The Morgan fingerprint density at radius 1 is 1.25 bits per heavy atom. The minimum Gasteiger partial charge on any atom is -0.381 e. The fourth-order valence-electron chi connectivity index (χ4n) is 4.55. The molecular formula is C22H26ClF2NO2. The molecule has 28 heavy (non-hydrogen) atoms. The van der Waals surface area contributed by atoms with Crippen LogP contribution < -0.4 is 0 Å². The lowest BCUT2D eigenvalue weighted by atomic mass is 9.83. The van der Waals surface area contributed by atoms with Crippen molar-refractivity contribution in [3.05, 3.63) is 40.7 Å². The molecule has 1 saturated carbocycles. The average Bonchev–Trinajstić information content (AvgIpc) is 3.30. The number of pyridine rings is 1. The molecule has 1 atom stereocenters. The molecule has 1 aliphatic carbocycles. The highest BCUT2D eigenvalue weighted by Crippen LogP contribution is 2.38. The van der Waals surface area contributed by atoms with Gasteiger partial charge in [0.05, 0.1) is 10.5 Å². The van der Waals surface area contributed by atoms with E-state index in [-0.39, 0.29) is 24.5 Å². The molecular weight excluding hydrogens is 384 g/mol. The Balaban J connectivity index is 1.50. The second kappa shape index (κ2) is 8.11. The summed E-state index contributed by atoms with van der Waals surface area (Å²) in [4.78, 5) is 13.0. The first kappa shape index (κ1) is 19.8. The predicted molar refractivity (Wildman–Crippen MR) is 106 cm³/mol. The molecule has 1 aliphatic heterocycles. The molecule has 0 bridgehead atoms. The van der Waals surface area contributed by atoms with Gasteiger partial charge < -0.3 is 9.14 Å². The largest absolute Gasteiger partial charge is 0.381 e. The van der Waals surface area contributed by atoms with Crippen LogP contribution in [0.4, 0.5) is 8.78 Å². The van der Waals surface area contributed by atoms with Crippen LogP contribution in [0.3, 0.4) is 0 Å². The molecule has 2 aliphatic rings. The third kappa shape index (κ3) is 4.25. The molecule has 0 spiro atoms. The van der Waals surface area contributed by atoms with E-state index < -0.39 is 5.92 Å². The first-order valence-corrected chi connectivity index (χ1v) is 10.6. The lowest BCUT2D eigenvalue weighted by Gasteiger charge is -2.27. The van der Waals surface area contributed by atoms with Gasteiger partial charge in [0.15, 0.2) is 5.78 Å². The number of hydrogen-bond acceptors (Lipinski definition) is 2. The molecule has 3 nitrogen and oxygen atoms in total. The summed E-state index contributed by atoms with van der Waals surface area (Å²) >= 11 is 6.44. The van der Waals surface area contributed by atoms with E-state index in [1.165, 1.54) is 0 Å². The molecule has 0 N–H and O–H groups in total. The monoisotopic (exact) mass is 409 g/mol. The van der Waals surface area contributed by atoms with Crippen LogP contribution in [-0.4, -0.2) is 29.3 Å². The molecule has 0 amide bonds. The molecule has 2 fully saturated rings. The summed E-state index contributed by atoms with van der Waals surface area (Å²) in [6.07, 6.45) is 5.79. The van der Waals surface area contributed by atoms with Crippen LogP contribution in [0.5, 0.6) is 0 Å². The third-order valence-corrected chi connectivity index (χ3v) is 6.56. The number of carbonyl (C=O) groups is 1. The predicted octanol–water partition coefficient (Wildman–Crippen LogP) is 5.96. The summed E-state index contributed by atoms with van der Waals surface area (Å²) in [5.41, 5.74) is 2.49. The normalized spacial score (nSPS) is 22.8. The van der Waals surface area contributed by atoms with Crippen molar-refractivity contribution in [1.29, 1.82) is 0 Å². The molecule has 1 saturated heterocycles. The zero-order valence-electron chi connectivity index (χ0n) is 15.9. The van der Waals surface area contributed by atoms with Crippen molar-refractivity contribution >= 4 is 22.9 Å². The number of fused-ring (bicyclic) bond motifs is 1. The van der Waals surface area contributed by atoms with E-state index in [9.17, 15) is 13.6 Å². The van der Waals surface area contributed by atoms with E-state index in [2.05, 4.69) is 0 Å². The SMILES string of the molecule is O=C(CCC1CCC(F)(F)CC1)c1cc(CC2CCOC2)n2cccc(Cl)c12. The fraction of sp³-hybridized carbons (Fsp3) is 0.591. The smallest absolute Gasteiger partial charge is 0.248 e. The topological polar surface area (TPSA) is 30.7 Å². The lowest BCUT2D eigenvalue weighted by Crippen LogP contribution is -2.24. The van der Waals surface area contributed by atoms with Gasteiger partial charge in [-0.2, -0.15) is 0 Å². The van der Waals surface area contributed by atoms with Crippen LogP contribution in [0.2, 0.25) is 5.02 Å². The Kier molecular flexibility index (Phi) is 5.75. The van der Waals surface area contributed by atoms with E-state index >= 15 is 0 Å². The quantitative estimate of drug-likeness (QED) is 0.551. The van der Waals surface area contributed by atoms with Gasteiger partial charge in [-0.25, -0.2) is 8.78 Å². The van der Waals surface area contributed by atoms with Crippen LogP contribution in [0.1, 0.15) is 61.0 Å². The van der Waals surface area contributed by atoms with Crippen LogP contribution in [-0.2, 0) is 11.2 Å². The highest BCUT2D eigenvalue weighted by molar-refractivity contribution is 6.35. The average molecular weight is 410 g/mol. The van der Waals surface area contributed by atoms with Gasteiger partial charge in [-0.3, -0.25) is 4.79 Å². The Labute approximate surface area is 169 Å². The van der Waals surface area contributed by atoms with Crippen molar-refractivity contribution in [2.45, 2.75) is 57.3 Å². The summed E-state index contributed by atoms with van der Waals surface area (Å²) < 4.78 is 34.2. The maximum atomic E-state index is 13.3. The molecule has 0 radical (unpaired) electrons. The van der Waals surface area contributed by atoms with Gasteiger partial charge in [-0.1, -0.05) is 11.6 Å². The zero-order chi connectivity index (χ0) is 19.7. The van der Waals surface area contributed by atoms with Crippen molar-refractivity contribution in [3.63, 3.8) is 0 Å².